The topological polar surface area (TPSA) is 81.3 Å². The van der Waals surface area contributed by atoms with E-state index in [4.69, 9.17) is 0 Å². The van der Waals surface area contributed by atoms with Gasteiger partial charge in [-0.1, -0.05) is 54.6 Å². The molecule has 5 nitrogen and oxygen atoms in total. The molecule has 2 unspecified atom stereocenters. The fourth-order valence-corrected chi connectivity index (χ4v) is 3.64. The van der Waals surface area contributed by atoms with Crippen molar-refractivity contribution in [2.75, 3.05) is 10.0 Å². The van der Waals surface area contributed by atoms with Crippen molar-refractivity contribution in [2.45, 2.75) is 18.8 Å². The molecular formula is C22H21N2O3S-. The molecule has 3 aromatic rings. The Hall–Kier alpha value is -2.96. The maximum Gasteiger partial charge on any atom is 0.211 e. The standard InChI is InChI=1S/C22H22N2O3S/c25-16-23-21-10-4-6-17(14-21)12-20(19-8-2-1-3-9-19)13-18-7-5-11-22(15-18)24-28(26)27/h1-11,14-16,20,24H,12-13H2,(H,23,25)(H,26,27)/p-1. The van der Waals surface area contributed by atoms with E-state index in [1.54, 1.807) is 6.07 Å². The zero-order valence-corrected chi connectivity index (χ0v) is 16.0. The third kappa shape index (κ3) is 5.77. The van der Waals surface area contributed by atoms with Crippen LogP contribution >= 0.6 is 0 Å². The zero-order valence-electron chi connectivity index (χ0n) is 15.2. The molecule has 2 N–H and O–H groups in total. The van der Waals surface area contributed by atoms with Crippen LogP contribution in [0.1, 0.15) is 22.6 Å². The third-order valence-electron chi connectivity index (χ3n) is 4.52. The summed E-state index contributed by atoms with van der Waals surface area (Å²) >= 11 is -2.35. The van der Waals surface area contributed by atoms with Crippen LogP contribution in [0.2, 0.25) is 0 Å². The first-order chi connectivity index (χ1) is 13.6. The molecule has 0 radical (unpaired) electrons. The lowest BCUT2D eigenvalue weighted by Crippen LogP contribution is -2.08. The van der Waals surface area contributed by atoms with Gasteiger partial charge in [0.2, 0.25) is 6.41 Å². The molecule has 0 spiro atoms. The van der Waals surface area contributed by atoms with Gasteiger partial charge < -0.3 is 14.6 Å². The van der Waals surface area contributed by atoms with Gasteiger partial charge in [-0.25, -0.2) is 0 Å². The quantitative estimate of drug-likeness (QED) is 0.425. The van der Waals surface area contributed by atoms with Crippen molar-refractivity contribution >= 4 is 29.1 Å². The molecule has 0 heterocycles. The van der Waals surface area contributed by atoms with Gasteiger partial charge in [-0.05, 0) is 59.7 Å². The molecule has 0 bridgehead atoms. The molecule has 3 rings (SSSR count). The van der Waals surface area contributed by atoms with E-state index in [-0.39, 0.29) is 5.92 Å². The normalized spacial score (nSPS) is 12.8. The highest BCUT2D eigenvalue weighted by molar-refractivity contribution is 7.80. The van der Waals surface area contributed by atoms with Crippen LogP contribution in [0.5, 0.6) is 0 Å². The summed E-state index contributed by atoms with van der Waals surface area (Å²) in [6.07, 6.45) is 2.23. The van der Waals surface area contributed by atoms with Crippen LogP contribution in [0.25, 0.3) is 0 Å². The lowest BCUT2D eigenvalue weighted by molar-refractivity contribution is -0.105. The van der Waals surface area contributed by atoms with E-state index < -0.39 is 11.3 Å². The Bertz CT molecular complexity index is 947. The number of carbonyl (C=O) groups is 1. The molecule has 0 saturated carbocycles. The van der Waals surface area contributed by atoms with Crippen molar-refractivity contribution in [3.8, 4) is 0 Å². The second-order valence-corrected chi connectivity index (χ2v) is 7.19. The minimum atomic E-state index is -2.35. The first-order valence-electron chi connectivity index (χ1n) is 8.93. The van der Waals surface area contributed by atoms with Gasteiger partial charge in [0.15, 0.2) is 0 Å². The smallest absolute Gasteiger partial charge is 0.211 e. The number of benzene rings is 3. The average molecular weight is 393 g/mol. The van der Waals surface area contributed by atoms with Crippen molar-refractivity contribution in [3.63, 3.8) is 0 Å². The fourth-order valence-electron chi connectivity index (χ4n) is 3.32. The Labute approximate surface area is 167 Å². The van der Waals surface area contributed by atoms with E-state index in [2.05, 4.69) is 22.2 Å². The monoisotopic (exact) mass is 393 g/mol. The second kappa shape index (κ2) is 9.82. The van der Waals surface area contributed by atoms with Crippen LogP contribution in [0, 0.1) is 0 Å². The average Bonchev–Trinajstić information content (AvgIpc) is 2.69. The predicted octanol–water partition coefficient (Wildman–Crippen LogP) is 4.03. The molecule has 0 aliphatic heterocycles. The lowest BCUT2D eigenvalue weighted by atomic mass is 9.86. The zero-order chi connectivity index (χ0) is 19.8. The number of nitrogens with one attached hydrogen (secondary N) is 2. The van der Waals surface area contributed by atoms with E-state index in [0.717, 1.165) is 29.7 Å². The first-order valence-corrected chi connectivity index (χ1v) is 10.0. The largest absolute Gasteiger partial charge is 0.755 e. The van der Waals surface area contributed by atoms with Crippen LogP contribution < -0.4 is 10.0 Å². The van der Waals surface area contributed by atoms with Gasteiger partial charge >= 0.3 is 0 Å². The molecule has 0 fully saturated rings. The van der Waals surface area contributed by atoms with Crippen molar-refractivity contribution in [1.82, 2.24) is 0 Å². The molecule has 0 aliphatic rings. The highest BCUT2D eigenvalue weighted by atomic mass is 32.2. The number of hydrogen-bond acceptors (Lipinski definition) is 3. The van der Waals surface area contributed by atoms with Crippen LogP contribution in [0.4, 0.5) is 11.4 Å². The van der Waals surface area contributed by atoms with Crippen LogP contribution in [0.3, 0.4) is 0 Å². The lowest BCUT2D eigenvalue weighted by Gasteiger charge is -2.19. The Balaban J connectivity index is 1.85. The van der Waals surface area contributed by atoms with Gasteiger partial charge in [-0.2, -0.15) is 0 Å². The van der Waals surface area contributed by atoms with E-state index in [1.165, 1.54) is 5.56 Å². The van der Waals surface area contributed by atoms with Crippen LogP contribution in [-0.2, 0) is 28.9 Å². The third-order valence-corrected chi connectivity index (χ3v) is 4.92. The highest BCUT2D eigenvalue weighted by Gasteiger charge is 2.14. The van der Waals surface area contributed by atoms with Crippen molar-refractivity contribution in [2.24, 2.45) is 0 Å². The minimum absolute atomic E-state index is 0.209. The van der Waals surface area contributed by atoms with Gasteiger partial charge in [-0.3, -0.25) is 9.00 Å². The summed E-state index contributed by atoms with van der Waals surface area (Å²) in [5.41, 5.74) is 4.70. The molecule has 3 aromatic carbocycles. The second-order valence-electron chi connectivity index (χ2n) is 6.52. The highest BCUT2D eigenvalue weighted by Crippen LogP contribution is 2.27. The summed E-state index contributed by atoms with van der Waals surface area (Å²) in [6.45, 7) is 0. The van der Waals surface area contributed by atoms with Crippen molar-refractivity contribution in [1.29, 1.82) is 0 Å². The Morgan fingerprint density at radius 1 is 0.857 bits per heavy atom. The molecular weight excluding hydrogens is 372 g/mol. The molecule has 0 aliphatic carbocycles. The van der Waals surface area contributed by atoms with E-state index in [1.807, 2.05) is 60.7 Å². The molecule has 28 heavy (non-hydrogen) atoms. The van der Waals surface area contributed by atoms with Gasteiger partial charge in [0.05, 0.1) is 0 Å². The van der Waals surface area contributed by atoms with Crippen LogP contribution in [-0.4, -0.2) is 15.2 Å². The minimum Gasteiger partial charge on any atom is -0.755 e. The summed E-state index contributed by atoms with van der Waals surface area (Å²) in [7, 11) is 0. The molecule has 144 valence electrons. The number of carbonyl (C=O) groups excluding carboxylic acids is 1. The number of anilines is 2. The van der Waals surface area contributed by atoms with Gasteiger partial charge in [0, 0.05) is 22.6 Å². The van der Waals surface area contributed by atoms with E-state index in [9.17, 15) is 13.6 Å². The maximum atomic E-state index is 10.9. The summed E-state index contributed by atoms with van der Waals surface area (Å²) in [6, 6.07) is 25.5. The molecule has 0 saturated heterocycles. The Morgan fingerprint density at radius 3 is 2.07 bits per heavy atom. The van der Waals surface area contributed by atoms with E-state index >= 15 is 0 Å². The Morgan fingerprint density at radius 2 is 1.46 bits per heavy atom. The summed E-state index contributed by atoms with van der Waals surface area (Å²) in [4.78, 5) is 10.7. The van der Waals surface area contributed by atoms with Gasteiger partial charge in [0.25, 0.3) is 0 Å². The molecule has 6 heteroatoms. The molecule has 0 aromatic heterocycles. The molecule has 2 atom stereocenters. The molecule has 1 amide bonds. The predicted molar refractivity (Wildman–Crippen MR) is 112 cm³/mol. The maximum absolute atomic E-state index is 10.9. The fraction of sp³-hybridized carbons (Fsp3) is 0.136. The Kier molecular flexibility index (Phi) is 6.94. The van der Waals surface area contributed by atoms with E-state index in [0.29, 0.717) is 12.1 Å². The summed E-state index contributed by atoms with van der Waals surface area (Å²) < 4.78 is 24.2. The summed E-state index contributed by atoms with van der Waals surface area (Å²) in [5, 5.41) is 2.69. The van der Waals surface area contributed by atoms with Gasteiger partial charge in [-0.15, -0.1) is 0 Å². The SMILES string of the molecule is O=CNc1cccc(CC(Cc2cccc(NS(=O)[O-])c2)c2ccccc2)c1. The number of hydrogen-bond donors (Lipinski definition) is 2. The summed E-state index contributed by atoms with van der Waals surface area (Å²) in [5.74, 6) is 0.209. The van der Waals surface area contributed by atoms with Gasteiger partial charge in [0.1, 0.15) is 0 Å². The number of amides is 1. The van der Waals surface area contributed by atoms with Crippen molar-refractivity contribution < 1.29 is 13.6 Å². The number of rotatable bonds is 9. The first kappa shape index (κ1) is 19.8. The van der Waals surface area contributed by atoms with Crippen molar-refractivity contribution in [3.05, 3.63) is 95.6 Å². The van der Waals surface area contributed by atoms with Crippen LogP contribution in [0.15, 0.2) is 78.9 Å².